The minimum absolute atomic E-state index is 0.131. The summed E-state index contributed by atoms with van der Waals surface area (Å²) in [6.07, 6.45) is 2.73. The Morgan fingerprint density at radius 3 is 2.57 bits per heavy atom. The van der Waals surface area contributed by atoms with Crippen molar-refractivity contribution < 1.29 is 5.11 Å². The molecule has 0 fully saturated rings. The Bertz CT molecular complexity index is 722. The second-order valence-corrected chi connectivity index (χ2v) is 6.09. The molecule has 0 aliphatic carbocycles. The molecule has 0 saturated carbocycles. The van der Waals surface area contributed by atoms with Crippen LogP contribution in [0.5, 0.6) is 5.88 Å². The summed E-state index contributed by atoms with van der Waals surface area (Å²) in [5.74, 6) is -0.275. The van der Waals surface area contributed by atoms with Crippen LogP contribution in [0, 0.1) is 0 Å². The molecule has 1 aromatic carbocycles. The number of aromatic amines is 1. The summed E-state index contributed by atoms with van der Waals surface area (Å²) in [7, 11) is 0. The van der Waals surface area contributed by atoms with Gasteiger partial charge in [-0.05, 0) is 18.2 Å². The fourth-order valence-electron chi connectivity index (χ4n) is 2.06. The van der Waals surface area contributed by atoms with Crippen molar-refractivity contribution in [2.24, 2.45) is 0 Å². The number of nitrogens with zero attached hydrogens (tertiary/aromatic N) is 1. The number of nitrogens with one attached hydrogen (secondary N) is 1. The average Bonchev–Trinajstić information content (AvgIpc) is 2.47. The van der Waals surface area contributed by atoms with E-state index in [1.165, 1.54) is 4.57 Å². The molecule has 2 rings (SSSR count). The van der Waals surface area contributed by atoms with E-state index in [1.54, 1.807) is 36.0 Å². The van der Waals surface area contributed by atoms with E-state index in [9.17, 15) is 14.7 Å². The molecule has 6 heteroatoms. The van der Waals surface area contributed by atoms with Crippen LogP contribution in [0.3, 0.4) is 0 Å². The number of benzene rings is 1. The molecule has 1 unspecified atom stereocenters. The number of aromatic hydroxyl groups is 1. The topological polar surface area (TPSA) is 75.1 Å². The van der Waals surface area contributed by atoms with Crippen molar-refractivity contribution in [3.63, 3.8) is 0 Å². The third-order valence-corrected chi connectivity index (χ3v) is 4.44. The predicted octanol–water partition coefficient (Wildman–Crippen LogP) is 2.05. The van der Waals surface area contributed by atoms with E-state index in [0.717, 1.165) is 6.42 Å². The molecule has 1 aromatic heterocycles. The SMILES string of the molecule is CSC(C)CCn1c(O)c(-c2ccccc2)c(=O)[nH]c1=O. The maximum absolute atomic E-state index is 12.0. The zero-order valence-corrected chi connectivity index (χ0v) is 12.8. The van der Waals surface area contributed by atoms with Crippen LogP contribution in [0.4, 0.5) is 0 Å². The largest absolute Gasteiger partial charge is 0.494 e. The van der Waals surface area contributed by atoms with Crippen molar-refractivity contribution in [3.05, 3.63) is 51.2 Å². The van der Waals surface area contributed by atoms with Crippen LogP contribution in [0.25, 0.3) is 11.1 Å². The number of hydrogen-bond acceptors (Lipinski definition) is 4. The number of rotatable bonds is 5. The molecule has 1 heterocycles. The Hall–Kier alpha value is -1.95. The average molecular weight is 306 g/mol. The first-order chi connectivity index (χ1) is 10.0. The molecule has 0 bridgehead atoms. The summed E-state index contributed by atoms with van der Waals surface area (Å²) in [6, 6.07) is 8.83. The van der Waals surface area contributed by atoms with Gasteiger partial charge >= 0.3 is 5.69 Å². The van der Waals surface area contributed by atoms with Crippen LogP contribution in [0.2, 0.25) is 0 Å². The lowest BCUT2D eigenvalue weighted by Gasteiger charge is -2.13. The maximum atomic E-state index is 12.0. The molecule has 1 atom stereocenters. The molecule has 0 radical (unpaired) electrons. The number of thioether (sulfide) groups is 1. The Balaban J connectivity index is 2.48. The van der Waals surface area contributed by atoms with Crippen molar-refractivity contribution in [1.82, 2.24) is 9.55 Å². The lowest BCUT2D eigenvalue weighted by Crippen LogP contribution is -2.31. The molecule has 0 spiro atoms. The van der Waals surface area contributed by atoms with Crippen molar-refractivity contribution in [1.29, 1.82) is 0 Å². The third kappa shape index (κ3) is 3.39. The zero-order chi connectivity index (χ0) is 15.4. The van der Waals surface area contributed by atoms with E-state index in [0.29, 0.717) is 17.4 Å². The van der Waals surface area contributed by atoms with Gasteiger partial charge in [0.25, 0.3) is 5.56 Å². The highest BCUT2D eigenvalue weighted by molar-refractivity contribution is 7.99. The first-order valence-corrected chi connectivity index (χ1v) is 7.97. The Kier molecular flexibility index (Phi) is 4.90. The van der Waals surface area contributed by atoms with Crippen LogP contribution in [0.15, 0.2) is 39.9 Å². The summed E-state index contributed by atoms with van der Waals surface area (Å²) in [4.78, 5) is 26.1. The first kappa shape index (κ1) is 15.4. The van der Waals surface area contributed by atoms with Gasteiger partial charge in [-0.1, -0.05) is 37.3 Å². The minimum atomic E-state index is -0.578. The lowest BCUT2D eigenvalue weighted by atomic mass is 10.1. The van der Waals surface area contributed by atoms with Crippen molar-refractivity contribution >= 4 is 11.8 Å². The molecule has 2 aromatic rings. The second-order valence-electron chi connectivity index (χ2n) is 4.81. The molecule has 0 saturated heterocycles. The van der Waals surface area contributed by atoms with Gasteiger partial charge in [0.1, 0.15) is 5.56 Å². The van der Waals surface area contributed by atoms with Gasteiger partial charge in [0, 0.05) is 11.8 Å². The standard InChI is InChI=1S/C15H18N2O3S/c1-10(21-2)8-9-17-14(19)12(13(18)16-15(17)20)11-6-4-3-5-7-11/h3-7,10,19H,8-9H2,1-2H3,(H,16,18,20). The number of hydrogen-bond donors (Lipinski definition) is 2. The van der Waals surface area contributed by atoms with E-state index >= 15 is 0 Å². The summed E-state index contributed by atoms with van der Waals surface area (Å²) in [6.45, 7) is 2.42. The van der Waals surface area contributed by atoms with E-state index < -0.39 is 11.2 Å². The van der Waals surface area contributed by atoms with E-state index in [4.69, 9.17) is 0 Å². The van der Waals surface area contributed by atoms with E-state index in [2.05, 4.69) is 11.9 Å². The van der Waals surface area contributed by atoms with Crippen LogP contribution < -0.4 is 11.2 Å². The monoisotopic (exact) mass is 306 g/mol. The second kappa shape index (κ2) is 6.67. The van der Waals surface area contributed by atoms with Crippen LogP contribution in [0.1, 0.15) is 13.3 Å². The van der Waals surface area contributed by atoms with E-state index in [1.807, 2.05) is 12.3 Å². The number of aromatic nitrogens is 2. The smallest absolute Gasteiger partial charge is 0.331 e. The third-order valence-electron chi connectivity index (χ3n) is 3.40. The van der Waals surface area contributed by atoms with Crippen LogP contribution in [-0.2, 0) is 6.54 Å². The molecule has 0 aliphatic heterocycles. The molecular weight excluding hydrogens is 288 g/mol. The minimum Gasteiger partial charge on any atom is -0.494 e. The summed E-state index contributed by atoms with van der Waals surface area (Å²) < 4.78 is 1.22. The summed E-state index contributed by atoms with van der Waals surface area (Å²) in [5, 5.41) is 10.7. The van der Waals surface area contributed by atoms with Crippen molar-refractivity contribution in [2.45, 2.75) is 25.1 Å². The highest BCUT2D eigenvalue weighted by atomic mass is 32.2. The van der Waals surface area contributed by atoms with Gasteiger partial charge in [-0.3, -0.25) is 14.3 Å². The van der Waals surface area contributed by atoms with Crippen LogP contribution >= 0.6 is 11.8 Å². The number of H-pyrrole nitrogens is 1. The fraction of sp³-hybridized carbons (Fsp3) is 0.333. The molecule has 5 nitrogen and oxygen atoms in total. The van der Waals surface area contributed by atoms with Gasteiger partial charge in [0.05, 0.1) is 0 Å². The summed E-state index contributed by atoms with van der Waals surface area (Å²) in [5.41, 5.74) is -0.432. The van der Waals surface area contributed by atoms with E-state index in [-0.39, 0.29) is 11.4 Å². The normalized spacial score (nSPS) is 12.3. The summed E-state index contributed by atoms with van der Waals surface area (Å²) >= 11 is 1.69. The lowest BCUT2D eigenvalue weighted by molar-refractivity contribution is 0.399. The van der Waals surface area contributed by atoms with Crippen molar-refractivity contribution in [3.8, 4) is 17.0 Å². The molecule has 2 N–H and O–H groups in total. The Morgan fingerprint density at radius 1 is 1.29 bits per heavy atom. The van der Waals surface area contributed by atoms with Crippen LogP contribution in [-0.4, -0.2) is 26.2 Å². The molecular formula is C15H18N2O3S. The fourth-order valence-corrected chi connectivity index (χ4v) is 2.40. The van der Waals surface area contributed by atoms with Gasteiger partial charge in [0.2, 0.25) is 5.88 Å². The van der Waals surface area contributed by atoms with Gasteiger partial charge in [-0.2, -0.15) is 11.8 Å². The molecule has 0 aliphatic rings. The first-order valence-electron chi connectivity index (χ1n) is 6.69. The van der Waals surface area contributed by atoms with Gasteiger partial charge < -0.3 is 5.11 Å². The maximum Gasteiger partial charge on any atom is 0.331 e. The Morgan fingerprint density at radius 2 is 1.95 bits per heavy atom. The highest BCUT2D eigenvalue weighted by Gasteiger charge is 2.16. The zero-order valence-electron chi connectivity index (χ0n) is 12.0. The quantitative estimate of drug-likeness (QED) is 0.886. The van der Waals surface area contributed by atoms with Gasteiger partial charge in [0.15, 0.2) is 0 Å². The molecule has 0 amide bonds. The van der Waals surface area contributed by atoms with Gasteiger partial charge in [-0.15, -0.1) is 0 Å². The van der Waals surface area contributed by atoms with Gasteiger partial charge in [-0.25, -0.2) is 4.79 Å². The highest BCUT2D eigenvalue weighted by Crippen LogP contribution is 2.24. The molecule has 112 valence electrons. The molecule has 21 heavy (non-hydrogen) atoms. The van der Waals surface area contributed by atoms with Crippen molar-refractivity contribution in [2.75, 3.05) is 6.26 Å². The Labute approximate surface area is 126 Å². The predicted molar refractivity (Wildman–Crippen MR) is 86.0 cm³/mol.